The van der Waals surface area contributed by atoms with Gasteiger partial charge in [-0.25, -0.2) is 0 Å². The van der Waals surface area contributed by atoms with Crippen molar-refractivity contribution in [3.63, 3.8) is 0 Å². The molecule has 0 unspecified atom stereocenters. The zero-order valence-corrected chi connectivity index (χ0v) is 13.0. The number of hydrogen-bond acceptors (Lipinski definition) is 4. The molecule has 1 N–H and O–H groups in total. The number of nitro benzene ring substituents is 1. The summed E-state index contributed by atoms with van der Waals surface area (Å²) in [4.78, 5) is 22.9. The molecule has 6 nitrogen and oxygen atoms in total. The molecule has 0 aliphatic rings. The third-order valence-electron chi connectivity index (χ3n) is 3.58. The molecule has 23 heavy (non-hydrogen) atoms. The number of methoxy groups -OCH3 is 1. The number of non-ortho nitro benzene ring substituents is 1. The van der Waals surface area contributed by atoms with Gasteiger partial charge in [0.25, 0.3) is 5.69 Å². The molecule has 0 spiro atoms. The summed E-state index contributed by atoms with van der Waals surface area (Å²) in [5.41, 5.74) is 1.09. The van der Waals surface area contributed by atoms with Gasteiger partial charge in [0.15, 0.2) is 0 Å². The minimum atomic E-state index is -0.510. The Bertz CT molecular complexity index is 701. The Morgan fingerprint density at radius 2 is 1.96 bits per heavy atom. The van der Waals surface area contributed by atoms with Gasteiger partial charge in [-0.1, -0.05) is 37.3 Å². The maximum Gasteiger partial charge on any atom is 0.271 e. The molecule has 120 valence electrons. The molecular formula is C17H18N2O4. The van der Waals surface area contributed by atoms with E-state index in [9.17, 15) is 14.9 Å². The van der Waals surface area contributed by atoms with Crippen molar-refractivity contribution >= 4 is 17.3 Å². The number of nitrogens with zero attached hydrogens (tertiary/aromatic N) is 1. The standard InChI is InChI=1S/C17H18N2O4/c1-3-14(12-7-5-4-6-8-12)17(20)18-15-11-13(19(21)22)9-10-16(15)23-2/h4-11,14H,3H2,1-2H3,(H,18,20)/t14-/m0/s1. The smallest absolute Gasteiger partial charge is 0.271 e. The summed E-state index contributed by atoms with van der Waals surface area (Å²) in [5.74, 6) is -0.176. The van der Waals surface area contributed by atoms with Crippen molar-refractivity contribution in [1.29, 1.82) is 0 Å². The molecule has 2 rings (SSSR count). The lowest BCUT2D eigenvalue weighted by Gasteiger charge is -2.16. The summed E-state index contributed by atoms with van der Waals surface area (Å²) in [6.45, 7) is 1.92. The minimum Gasteiger partial charge on any atom is -0.495 e. The fourth-order valence-electron chi connectivity index (χ4n) is 2.38. The summed E-state index contributed by atoms with van der Waals surface area (Å²) >= 11 is 0. The highest BCUT2D eigenvalue weighted by atomic mass is 16.6. The van der Waals surface area contributed by atoms with Gasteiger partial charge in [0.05, 0.1) is 23.6 Å². The fourth-order valence-corrected chi connectivity index (χ4v) is 2.38. The first-order valence-corrected chi connectivity index (χ1v) is 7.25. The fraction of sp³-hybridized carbons (Fsp3) is 0.235. The molecule has 0 aromatic heterocycles. The Balaban J connectivity index is 2.28. The first-order valence-electron chi connectivity index (χ1n) is 7.25. The van der Waals surface area contributed by atoms with E-state index in [1.807, 2.05) is 37.3 Å². The molecule has 2 aromatic carbocycles. The summed E-state index contributed by atoms with van der Waals surface area (Å²) in [6, 6.07) is 13.5. The third-order valence-corrected chi connectivity index (χ3v) is 3.58. The van der Waals surface area contributed by atoms with Crippen LogP contribution < -0.4 is 10.1 Å². The maximum atomic E-state index is 12.6. The summed E-state index contributed by atoms with van der Waals surface area (Å²) in [7, 11) is 1.45. The van der Waals surface area contributed by atoms with Crippen molar-refractivity contribution in [2.45, 2.75) is 19.3 Å². The summed E-state index contributed by atoms with van der Waals surface area (Å²) in [5, 5.41) is 13.6. The lowest BCUT2D eigenvalue weighted by molar-refractivity contribution is -0.384. The maximum absolute atomic E-state index is 12.6. The van der Waals surface area contributed by atoms with Gasteiger partial charge in [-0.3, -0.25) is 14.9 Å². The topological polar surface area (TPSA) is 81.5 Å². The molecule has 1 atom stereocenters. The Morgan fingerprint density at radius 3 is 2.52 bits per heavy atom. The molecular weight excluding hydrogens is 296 g/mol. The average molecular weight is 314 g/mol. The molecule has 2 aromatic rings. The number of rotatable bonds is 6. The molecule has 0 aliphatic carbocycles. The highest BCUT2D eigenvalue weighted by Gasteiger charge is 2.21. The number of nitro groups is 1. The largest absolute Gasteiger partial charge is 0.495 e. The molecule has 0 fully saturated rings. The van der Waals surface area contributed by atoms with Crippen molar-refractivity contribution in [1.82, 2.24) is 0 Å². The number of carbonyl (C=O) groups excluding carboxylic acids is 1. The van der Waals surface area contributed by atoms with Crippen LogP contribution >= 0.6 is 0 Å². The Labute approximate surface area is 134 Å². The molecule has 0 heterocycles. The van der Waals surface area contributed by atoms with E-state index < -0.39 is 4.92 Å². The monoisotopic (exact) mass is 314 g/mol. The highest BCUT2D eigenvalue weighted by molar-refractivity contribution is 5.97. The van der Waals surface area contributed by atoms with Gasteiger partial charge in [-0.15, -0.1) is 0 Å². The van der Waals surface area contributed by atoms with E-state index in [2.05, 4.69) is 5.32 Å². The van der Waals surface area contributed by atoms with E-state index in [4.69, 9.17) is 4.74 Å². The van der Waals surface area contributed by atoms with Crippen molar-refractivity contribution in [3.8, 4) is 5.75 Å². The second-order valence-electron chi connectivity index (χ2n) is 5.00. The zero-order valence-electron chi connectivity index (χ0n) is 13.0. The quantitative estimate of drug-likeness (QED) is 0.650. The predicted octanol–water partition coefficient (Wildman–Crippen LogP) is 3.74. The van der Waals surface area contributed by atoms with Gasteiger partial charge in [0, 0.05) is 12.1 Å². The number of nitrogens with one attached hydrogen (secondary N) is 1. The van der Waals surface area contributed by atoms with Crippen LogP contribution in [-0.4, -0.2) is 17.9 Å². The van der Waals surface area contributed by atoms with E-state index in [0.29, 0.717) is 17.9 Å². The Kier molecular flexibility index (Phi) is 5.30. The van der Waals surface area contributed by atoms with Crippen LogP contribution in [0.5, 0.6) is 5.75 Å². The number of benzene rings is 2. The van der Waals surface area contributed by atoms with E-state index in [-0.39, 0.29) is 17.5 Å². The number of carbonyl (C=O) groups is 1. The Hall–Kier alpha value is -2.89. The molecule has 0 aliphatic heterocycles. The van der Waals surface area contributed by atoms with Crippen molar-refractivity contribution < 1.29 is 14.5 Å². The second kappa shape index (κ2) is 7.40. The van der Waals surface area contributed by atoms with Crippen LogP contribution in [-0.2, 0) is 4.79 Å². The van der Waals surface area contributed by atoms with Crippen LogP contribution in [0.25, 0.3) is 0 Å². The van der Waals surface area contributed by atoms with Gasteiger partial charge >= 0.3 is 0 Å². The lowest BCUT2D eigenvalue weighted by Crippen LogP contribution is -2.21. The number of anilines is 1. The van der Waals surface area contributed by atoms with Gasteiger partial charge in [0.2, 0.25) is 5.91 Å². The number of hydrogen-bond donors (Lipinski definition) is 1. The van der Waals surface area contributed by atoms with Crippen LogP contribution in [0.1, 0.15) is 24.8 Å². The number of amides is 1. The van der Waals surface area contributed by atoms with Gasteiger partial charge in [-0.05, 0) is 18.1 Å². The molecule has 0 radical (unpaired) electrons. The lowest BCUT2D eigenvalue weighted by atomic mass is 9.95. The summed E-state index contributed by atoms with van der Waals surface area (Å²) in [6.07, 6.45) is 0.618. The second-order valence-corrected chi connectivity index (χ2v) is 5.00. The Morgan fingerprint density at radius 1 is 1.26 bits per heavy atom. The van der Waals surface area contributed by atoms with E-state index >= 15 is 0 Å². The van der Waals surface area contributed by atoms with E-state index in [1.54, 1.807) is 0 Å². The first kappa shape index (κ1) is 16.5. The molecule has 0 saturated carbocycles. The van der Waals surface area contributed by atoms with Crippen LogP contribution in [0.15, 0.2) is 48.5 Å². The number of ether oxygens (including phenoxy) is 1. The van der Waals surface area contributed by atoms with Crippen molar-refractivity contribution in [3.05, 3.63) is 64.2 Å². The SMILES string of the molecule is CC[C@H](C(=O)Nc1cc([N+](=O)[O-])ccc1OC)c1ccccc1. The average Bonchev–Trinajstić information content (AvgIpc) is 2.56. The van der Waals surface area contributed by atoms with Gasteiger partial charge in [0.1, 0.15) is 5.75 Å². The first-order chi connectivity index (χ1) is 11.1. The summed E-state index contributed by atoms with van der Waals surface area (Å²) < 4.78 is 5.16. The van der Waals surface area contributed by atoms with E-state index in [0.717, 1.165) is 5.56 Å². The minimum absolute atomic E-state index is 0.103. The van der Waals surface area contributed by atoms with Crippen LogP contribution in [0, 0.1) is 10.1 Å². The molecule has 0 saturated heterocycles. The molecule has 6 heteroatoms. The van der Waals surface area contributed by atoms with Crippen LogP contribution in [0.4, 0.5) is 11.4 Å². The zero-order chi connectivity index (χ0) is 16.8. The normalized spacial score (nSPS) is 11.6. The van der Waals surface area contributed by atoms with Crippen LogP contribution in [0.2, 0.25) is 0 Å². The van der Waals surface area contributed by atoms with Crippen molar-refractivity contribution in [2.24, 2.45) is 0 Å². The van der Waals surface area contributed by atoms with E-state index in [1.165, 1.54) is 25.3 Å². The molecule has 0 bridgehead atoms. The van der Waals surface area contributed by atoms with Crippen LogP contribution in [0.3, 0.4) is 0 Å². The van der Waals surface area contributed by atoms with Crippen molar-refractivity contribution in [2.75, 3.05) is 12.4 Å². The predicted molar refractivity (Wildman–Crippen MR) is 87.8 cm³/mol. The highest BCUT2D eigenvalue weighted by Crippen LogP contribution is 2.30. The molecule has 1 amide bonds. The van der Waals surface area contributed by atoms with Gasteiger partial charge in [-0.2, -0.15) is 0 Å². The third kappa shape index (κ3) is 3.85. The van der Waals surface area contributed by atoms with Gasteiger partial charge < -0.3 is 10.1 Å².